The summed E-state index contributed by atoms with van der Waals surface area (Å²) in [5.41, 5.74) is 7.58. The smallest absolute Gasteiger partial charge is 0.0493 e. The molecular weight excluding hydrogens is 246 g/mol. The summed E-state index contributed by atoms with van der Waals surface area (Å²) < 4.78 is 0. The first-order valence-corrected chi connectivity index (χ1v) is 7.77. The van der Waals surface area contributed by atoms with Gasteiger partial charge in [-0.15, -0.1) is 0 Å². The van der Waals surface area contributed by atoms with Gasteiger partial charge in [0.1, 0.15) is 0 Å². The van der Waals surface area contributed by atoms with Gasteiger partial charge >= 0.3 is 0 Å². The topological polar surface area (TPSA) is 32.5 Å². The zero-order valence-electron chi connectivity index (χ0n) is 13.1. The lowest BCUT2D eigenvalue weighted by molar-refractivity contribution is 0.140. The average Bonchev–Trinajstić information content (AvgIpc) is 2.42. The summed E-state index contributed by atoms with van der Waals surface area (Å²) in [7, 11) is 4.44. The van der Waals surface area contributed by atoms with Gasteiger partial charge in [-0.05, 0) is 58.4 Å². The molecule has 1 aliphatic rings. The molecule has 1 aliphatic heterocycles. The number of likely N-dealkylation sites (N-methyl/N-ethyl adjacent to an activating group) is 1. The van der Waals surface area contributed by atoms with E-state index in [9.17, 15) is 0 Å². The molecule has 20 heavy (non-hydrogen) atoms. The van der Waals surface area contributed by atoms with Crippen molar-refractivity contribution in [1.82, 2.24) is 9.80 Å². The summed E-state index contributed by atoms with van der Waals surface area (Å²) in [4.78, 5) is 4.88. The molecule has 0 radical (unpaired) electrons. The van der Waals surface area contributed by atoms with Crippen LogP contribution in [-0.4, -0.2) is 49.6 Å². The van der Waals surface area contributed by atoms with Crippen molar-refractivity contribution in [1.29, 1.82) is 0 Å². The van der Waals surface area contributed by atoms with Crippen LogP contribution >= 0.6 is 0 Å². The molecule has 0 amide bonds. The maximum absolute atomic E-state index is 6.25. The van der Waals surface area contributed by atoms with Gasteiger partial charge in [-0.1, -0.05) is 30.3 Å². The number of nitrogens with two attached hydrogens (primary N) is 1. The molecule has 1 saturated heterocycles. The molecule has 3 heteroatoms. The van der Waals surface area contributed by atoms with Crippen LogP contribution in [0.3, 0.4) is 0 Å². The Hall–Kier alpha value is -0.900. The van der Waals surface area contributed by atoms with Crippen molar-refractivity contribution in [3.63, 3.8) is 0 Å². The minimum absolute atomic E-state index is 0.147. The summed E-state index contributed by atoms with van der Waals surface area (Å²) in [5.74, 6) is 0.807. The van der Waals surface area contributed by atoms with E-state index in [-0.39, 0.29) is 6.04 Å². The van der Waals surface area contributed by atoms with Crippen LogP contribution in [-0.2, 0) is 0 Å². The number of rotatable bonds is 5. The first-order valence-electron chi connectivity index (χ1n) is 7.77. The number of piperidine rings is 1. The second-order valence-corrected chi connectivity index (χ2v) is 6.40. The van der Waals surface area contributed by atoms with E-state index >= 15 is 0 Å². The Morgan fingerprint density at radius 2 is 1.85 bits per heavy atom. The highest BCUT2D eigenvalue weighted by Crippen LogP contribution is 2.25. The number of benzene rings is 1. The molecule has 2 atom stereocenters. The standard InChI is InChI=1S/C17H29N3/c1-14(18)17(16-7-5-4-6-8-16)20(3)13-15-9-11-19(2)12-10-15/h4-8,14-15,17H,9-13,18H2,1-3H3. The SMILES string of the molecule is CC(N)C(c1ccccc1)N(C)CC1CCN(C)CC1. The quantitative estimate of drug-likeness (QED) is 0.895. The number of hydrogen-bond acceptors (Lipinski definition) is 3. The molecular formula is C17H29N3. The van der Waals surface area contributed by atoms with Crippen molar-refractivity contribution >= 4 is 0 Å². The Morgan fingerprint density at radius 1 is 1.25 bits per heavy atom. The molecule has 1 aromatic rings. The van der Waals surface area contributed by atoms with Crippen LogP contribution in [0.25, 0.3) is 0 Å². The normalized spacial score (nSPS) is 21.1. The van der Waals surface area contributed by atoms with Gasteiger partial charge in [0, 0.05) is 18.6 Å². The van der Waals surface area contributed by atoms with E-state index in [2.05, 4.69) is 61.2 Å². The molecule has 2 unspecified atom stereocenters. The van der Waals surface area contributed by atoms with E-state index in [1.807, 2.05) is 0 Å². The van der Waals surface area contributed by atoms with Gasteiger partial charge in [0.15, 0.2) is 0 Å². The first kappa shape index (κ1) is 15.5. The summed E-state index contributed by atoms with van der Waals surface area (Å²) in [5, 5.41) is 0. The average molecular weight is 275 g/mol. The Bertz CT molecular complexity index is 382. The fourth-order valence-electron chi connectivity index (χ4n) is 3.38. The highest BCUT2D eigenvalue weighted by molar-refractivity contribution is 5.20. The monoisotopic (exact) mass is 275 g/mol. The number of hydrogen-bond donors (Lipinski definition) is 1. The van der Waals surface area contributed by atoms with Gasteiger partial charge in [0.2, 0.25) is 0 Å². The fourth-order valence-corrected chi connectivity index (χ4v) is 3.38. The molecule has 0 spiro atoms. The lowest BCUT2D eigenvalue weighted by atomic mass is 9.94. The van der Waals surface area contributed by atoms with E-state index in [1.165, 1.54) is 31.5 Å². The van der Waals surface area contributed by atoms with E-state index in [0.29, 0.717) is 6.04 Å². The van der Waals surface area contributed by atoms with Crippen molar-refractivity contribution < 1.29 is 0 Å². The largest absolute Gasteiger partial charge is 0.326 e. The van der Waals surface area contributed by atoms with Gasteiger partial charge in [0.05, 0.1) is 0 Å². The van der Waals surface area contributed by atoms with Crippen LogP contribution in [0.2, 0.25) is 0 Å². The molecule has 1 fully saturated rings. The Kier molecular flexibility index (Phi) is 5.58. The molecule has 0 aromatic heterocycles. The zero-order valence-corrected chi connectivity index (χ0v) is 13.1. The molecule has 1 heterocycles. The highest BCUT2D eigenvalue weighted by Gasteiger charge is 2.25. The van der Waals surface area contributed by atoms with Crippen LogP contribution in [0, 0.1) is 5.92 Å². The predicted molar refractivity (Wildman–Crippen MR) is 85.7 cm³/mol. The van der Waals surface area contributed by atoms with Crippen molar-refractivity contribution in [2.45, 2.75) is 31.8 Å². The van der Waals surface area contributed by atoms with Crippen LogP contribution in [0.15, 0.2) is 30.3 Å². The second-order valence-electron chi connectivity index (χ2n) is 6.40. The van der Waals surface area contributed by atoms with Crippen LogP contribution in [0.5, 0.6) is 0 Å². The lowest BCUT2D eigenvalue weighted by Gasteiger charge is -2.36. The molecule has 0 aliphatic carbocycles. The molecule has 2 rings (SSSR count). The predicted octanol–water partition coefficient (Wildman–Crippen LogP) is 2.35. The van der Waals surface area contributed by atoms with Gasteiger partial charge in [-0.3, -0.25) is 4.90 Å². The number of likely N-dealkylation sites (tertiary alicyclic amines) is 1. The van der Waals surface area contributed by atoms with Crippen molar-refractivity contribution in [3.8, 4) is 0 Å². The minimum atomic E-state index is 0.147. The lowest BCUT2D eigenvalue weighted by Crippen LogP contribution is -2.41. The van der Waals surface area contributed by atoms with E-state index in [4.69, 9.17) is 5.73 Å². The van der Waals surface area contributed by atoms with E-state index in [0.717, 1.165) is 12.5 Å². The van der Waals surface area contributed by atoms with Gasteiger partial charge in [-0.25, -0.2) is 0 Å². The summed E-state index contributed by atoms with van der Waals surface area (Å²) in [6.07, 6.45) is 2.61. The summed E-state index contributed by atoms with van der Waals surface area (Å²) >= 11 is 0. The van der Waals surface area contributed by atoms with Gasteiger partial charge < -0.3 is 10.6 Å². The van der Waals surface area contributed by atoms with Gasteiger partial charge in [-0.2, -0.15) is 0 Å². The van der Waals surface area contributed by atoms with Crippen molar-refractivity contribution in [2.75, 3.05) is 33.7 Å². The third-order valence-corrected chi connectivity index (χ3v) is 4.50. The van der Waals surface area contributed by atoms with Crippen LogP contribution in [0.4, 0.5) is 0 Å². The molecule has 0 bridgehead atoms. The Balaban J connectivity index is 1.99. The summed E-state index contributed by atoms with van der Waals surface area (Å²) in [6, 6.07) is 11.1. The molecule has 0 saturated carbocycles. The number of nitrogens with zero attached hydrogens (tertiary/aromatic N) is 2. The third kappa shape index (κ3) is 4.05. The maximum Gasteiger partial charge on any atom is 0.0493 e. The van der Waals surface area contributed by atoms with Crippen LogP contribution in [0.1, 0.15) is 31.4 Å². The fraction of sp³-hybridized carbons (Fsp3) is 0.647. The zero-order chi connectivity index (χ0) is 14.5. The third-order valence-electron chi connectivity index (χ3n) is 4.50. The maximum atomic E-state index is 6.25. The van der Waals surface area contributed by atoms with E-state index in [1.54, 1.807) is 0 Å². The Labute approximate surface area is 123 Å². The molecule has 2 N–H and O–H groups in total. The van der Waals surface area contributed by atoms with Crippen LogP contribution < -0.4 is 5.73 Å². The summed E-state index contributed by atoms with van der Waals surface area (Å²) in [6.45, 7) is 5.72. The first-order chi connectivity index (χ1) is 9.58. The Morgan fingerprint density at radius 3 is 2.40 bits per heavy atom. The minimum Gasteiger partial charge on any atom is -0.326 e. The van der Waals surface area contributed by atoms with Crippen molar-refractivity contribution in [2.24, 2.45) is 11.7 Å². The molecule has 3 nitrogen and oxygen atoms in total. The van der Waals surface area contributed by atoms with E-state index < -0.39 is 0 Å². The van der Waals surface area contributed by atoms with Gasteiger partial charge in [0.25, 0.3) is 0 Å². The van der Waals surface area contributed by atoms with Crippen molar-refractivity contribution in [3.05, 3.63) is 35.9 Å². The highest BCUT2D eigenvalue weighted by atomic mass is 15.2. The molecule has 112 valence electrons. The molecule has 1 aromatic carbocycles. The second kappa shape index (κ2) is 7.21.